The summed E-state index contributed by atoms with van der Waals surface area (Å²) in [5.41, 5.74) is 1.87. The van der Waals surface area contributed by atoms with Crippen molar-refractivity contribution < 1.29 is 19.4 Å². The standard InChI is InChI=1S/C25H25N5O4/c1-25(2,33)9-8-17-6-7-22-21(12-17)29(3)23(31)20(16-34-22)28-24(32)30-15-19(14-27-30)11-18-5-4-10-26-13-18/h4-7,10,12-15,20,33H,11,16H2,1-3H3,(H,28,32)/t20-/m1/s1. The SMILES string of the molecule is CN1C(=O)[C@H](NC(=O)n2cc(Cc3cccnc3)cn2)COc2ccc(C#CC(C)(C)O)cc21. The normalized spacial score (nSPS) is 15.5. The number of amides is 2. The van der Waals surface area contributed by atoms with Crippen molar-refractivity contribution >= 4 is 17.6 Å². The highest BCUT2D eigenvalue weighted by atomic mass is 16.5. The minimum Gasteiger partial charge on any atom is -0.489 e. The second-order valence-electron chi connectivity index (χ2n) is 8.53. The van der Waals surface area contributed by atoms with Crippen molar-refractivity contribution in [3.8, 4) is 17.6 Å². The van der Waals surface area contributed by atoms with Crippen LogP contribution in [-0.4, -0.2) is 57.1 Å². The molecule has 2 amide bonds. The van der Waals surface area contributed by atoms with Crippen LogP contribution in [-0.2, 0) is 11.2 Å². The Hall–Kier alpha value is -4.16. The maximum atomic E-state index is 13.1. The Morgan fingerprint density at radius 1 is 1.29 bits per heavy atom. The molecule has 3 aromatic rings. The summed E-state index contributed by atoms with van der Waals surface area (Å²) in [6, 6.07) is 7.55. The first-order valence-corrected chi connectivity index (χ1v) is 10.7. The van der Waals surface area contributed by atoms with Gasteiger partial charge in [-0.2, -0.15) is 9.78 Å². The van der Waals surface area contributed by atoms with E-state index in [0.29, 0.717) is 23.4 Å². The Bertz CT molecular complexity index is 1270. The number of hydrogen-bond donors (Lipinski definition) is 2. The van der Waals surface area contributed by atoms with Crippen LogP contribution in [0.5, 0.6) is 5.75 Å². The van der Waals surface area contributed by atoms with Gasteiger partial charge in [-0.05, 0) is 49.2 Å². The average Bonchev–Trinajstić information content (AvgIpc) is 3.24. The Kier molecular flexibility index (Phi) is 6.34. The van der Waals surface area contributed by atoms with Crippen molar-refractivity contribution in [2.75, 3.05) is 18.6 Å². The number of benzene rings is 1. The predicted molar refractivity (Wildman–Crippen MR) is 126 cm³/mol. The fourth-order valence-corrected chi connectivity index (χ4v) is 3.42. The lowest BCUT2D eigenvalue weighted by atomic mass is 10.1. The largest absolute Gasteiger partial charge is 0.489 e. The van der Waals surface area contributed by atoms with E-state index < -0.39 is 17.7 Å². The van der Waals surface area contributed by atoms with Gasteiger partial charge in [-0.1, -0.05) is 17.9 Å². The van der Waals surface area contributed by atoms with Crippen molar-refractivity contribution in [3.63, 3.8) is 0 Å². The molecule has 0 aliphatic carbocycles. The Morgan fingerprint density at radius 2 is 2.12 bits per heavy atom. The molecule has 2 aromatic heterocycles. The molecule has 0 saturated heterocycles. The van der Waals surface area contributed by atoms with E-state index in [0.717, 1.165) is 11.1 Å². The van der Waals surface area contributed by atoms with Gasteiger partial charge in [0.2, 0.25) is 0 Å². The molecule has 1 aliphatic rings. The molecule has 4 rings (SSSR count). The lowest BCUT2D eigenvalue weighted by molar-refractivity contribution is -0.120. The lowest BCUT2D eigenvalue weighted by Gasteiger charge is -2.20. The molecule has 9 nitrogen and oxygen atoms in total. The second kappa shape index (κ2) is 9.37. The van der Waals surface area contributed by atoms with Crippen LogP contribution in [0.1, 0.15) is 30.5 Å². The van der Waals surface area contributed by atoms with E-state index in [1.807, 2.05) is 12.1 Å². The summed E-state index contributed by atoms with van der Waals surface area (Å²) in [7, 11) is 1.61. The minimum absolute atomic E-state index is 0.0274. The molecule has 3 heterocycles. The van der Waals surface area contributed by atoms with Crippen LogP contribution in [0, 0.1) is 11.8 Å². The van der Waals surface area contributed by atoms with Crippen LogP contribution in [0.25, 0.3) is 0 Å². The first kappa shape index (κ1) is 23.0. The lowest BCUT2D eigenvalue weighted by Crippen LogP contribution is -2.50. The number of pyridine rings is 1. The van der Waals surface area contributed by atoms with Gasteiger partial charge in [0.05, 0.1) is 11.9 Å². The van der Waals surface area contributed by atoms with Gasteiger partial charge in [-0.15, -0.1) is 0 Å². The number of likely N-dealkylation sites (N-methyl/N-ethyl adjacent to an activating group) is 1. The first-order chi connectivity index (χ1) is 16.2. The topological polar surface area (TPSA) is 110 Å². The zero-order valence-corrected chi connectivity index (χ0v) is 19.1. The summed E-state index contributed by atoms with van der Waals surface area (Å²) in [5, 5.41) is 16.6. The molecule has 0 radical (unpaired) electrons. The number of nitrogens with one attached hydrogen (secondary N) is 1. The van der Waals surface area contributed by atoms with Crippen LogP contribution in [0.2, 0.25) is 0 Å². The Morgan fingerprint density at radius 3 is 2.85 bits per heavy atom. The molecule has 0 spiro atoms. The fourth-order valence-electron chi connectivity index (χ4n) is 3.42. The van der Waals surface area contributed by atoms with E-state index in [1.165, 1.54) is 9.58 Å². The molecule has 34 heavy (non-hydrogen) atoms. The fraction of sp³-hybridized carbons (Fsp3) is 0.280. The van der Waals surface area contributed by atoms with Gasteiger partial charge in [-0.3, -0.25) is 9.78 Å². The Labute approximate surface area is 197 Å². The number of anilines is 1. The highest BCUT2D eigenvalue weighted by Gasteiger charge is 2.31. The highest BCUT2D eigenvalue weighted by molar-refractivity contribution is 6.00. The molecule has 174 valence electrons. The number of aliphatic hydroxyl groups is 1. The number of rotatable bonds is 3. The average molecular weight is 460 g/mol. The molecule has 1 aliphatic heterocycles. The summed E-state index contributed by atoms with van der Waals surface area (Å²) in [6.07, 6.45) is 7.27. The zero-order chi connectivity index (χ0) is 24.3. The van der Waals surface area contributed by atoms with Gasteiger partial charge >= 0.3 is 6.03 Å². The summed E-state index contributed by atoms with van der Waals surface area (Å²) < 4.78 is 6.98. The third-order valence-corrected chi connectivity index (χ3v) is 5.14. The van der Waals surface area contributed by atoms with E-state index in [-0.39, 0.29) is 12.5 Å². The number of nitrogens with zero attached hydrogens (tertiary/aromatic N) is 4. The monoisotopic (exact) mass is 459 g/mol. The van der Waals surface area contributed by atoms with E-state index in [4.69, 9.17) is 4.74 Å². The van der Waals surface area contributed by atoms with Crippen molar-refractivity contribution in [1.82, 2.24) is 20.1 Å². The van der Waals surface area contributed by atoms with Crippen LogP contribution in [0.15, 0.2) is 55.1 Å². The molecule has 2 N–H and O–H groups in total. The van der Waals surface area contributed by atoms with Crippen LogP contribution >= 0.6 is 0 Å². The molecule has 0 bridgehead atoms. The van der Waals surface area contributed by atoms with Crippen LogP contribution in [0.3, 0.4) is 0 Å². The van der Waals surface area contributed by atoms with E-state index in [1.54, 1.807) is 63.9 Å². The zero-order valence-electron chi connectivity index (χ0n) is 19.1. The summed E-state index contributed by atoms with van der Waals surface area (Å²) in [4.78, 5) is 31.3. The smallest absolute Gasteiger partial charge is 0.342 e. The maximum absolute atomic E-state index is 13.1. The van der Waals surface area contributed by atoms with Crippen molar-refractivity contribution in [3.05, 3.63) is 71.8 Å². The summed E-state index contributed by atoms with van der Waals surface area (Å²) >= 11 is 0. The van der Waals surface area contributed by atoms with E-state index >= 15 is 0 Å². The van der Waals surface area contributed by atoms with Crippen LogP contribution in [0.4, 0.5) is 10.5 Å². The molecule has 0 saturated carbocycles. The minimum atomic E-state index is -1.13. The number of carbonyl (C=O) groups excluding carboxylic acids is 2. The molecule has 1 aromatic carbocycles. The quantitative estimate of drug-likeness (QED) is 0.580. The van der Waals surface area contributed by atoms with Gasteiger partial charge in [0.15, 0.2) is 0 Å². The predicted octanol–water partition coefficient (Wildman–Crippen LogP) is 1.97. The molecule has 0 unspecified atom stereocenters. The first-order valence-electron chi connectivity index (χ1n) is 10.7. The highest BCUT2D eigenvalue weighted by Crippen LogP contribution is 2.31. The van der Waals surface area contributed by atoms with Gasteiger partial charge < -0.3 is 20.1 Å². The number of aromatic nitrogens is 3. The van der Waals surface area contributed by atoms with Crippen molar-refractivity contribution in [2.24, 2.45) is 0 Å². The summed E-state index contributed by atoms with van der Waals surface area (Å²) in [6.45, 7) is 3.16. The molecule has 1 atom stereocenters. The molecule has 0 fully saturated rings. The maximum Gasteiger partial charge on any atom is 0.342 e. The molecular formula is C25H25N5O4. The van der Waals surface area contributed by atoms with Gasteiger partial charge in [0, 0.05) is 37.6 Å². The number of hydrogen-bond acceptors (Lipinski definition) is 6. The number of fused-ring (bicyclic) bond motifs is 1. The van der Waals surface area contributed by atoms with Crippen molar-refractivity contribution in [2.45, 2.75) is 31.9 Å². The van der Waals surface area contributed by atoms with E-state index in [2.05, 4.69) is 27.2 Å². The van der Waals surface area contributed by atoms with Gasteiger partial charge in [0.1, 0.15) is 24.0 Å². The molecule has 9 heteroatoms. The van der Waals surface area contributed by atoms with E-state index in [9.17, 15) is 14.7 Å². The second-order valence-corrected chi connectivity index (χ2v) is 8.53. The third kappa shape index (κ3) is 5.42. The van der Waals surface area contributed by atoms with Crippen molar-refractivity contribution in [1.29, 1.82) is 0 Å². The number of carbonyl (C=O) groups is 2. The Balaban J connectivity index is 1.46. The third-order valence-electron chi connectivity index (χ3n) is 5.14. The van der Waals surface area contributed by atoms with Crippen LogP contribution < -0.4 is 15.0 Å². The number of ether oxygens (including phenoxy) is 1. The van der Waals surface area contributed by atoms with Gasteiger partial charge in [0.25, 0.3) is 5.91 Å². The summed E-state index contributed by atoms with van der Waals surface area (Å²) in [5.74, 6) is 5.81. The molecular weight excluding hydrogens is 434 g/mol. The van der Waals surface area contributed by atoms with Gasteiger partial charge in [-0.25, -0.2) is 4.79 Å².